The summed E-state index contributed by atoms with van der Waals surface area (Å²) in [5, 5.41) is 0. The predicted octanol–water partition coefficient (Wildman–Crippen LogP) is 3.72. The highest BCUT2D eigenvalue weighted by atomic mass is 28.3. The average molecular weight is 255 g/mol. The van der Waals surface area contributed by atoms with Gasteiger partial charge in [0.25, 0.3) is 0 Å². The summed E-state index contributed by atoms with van der Waals surface area (Å²) in [6.45, 7) is 11.1. The van der Waals surface area contributed by atoms with Crippen molar-refractivity contribution >= 4 is 8.80 Å². The van der Waals surface area contributed by atoms with Crippen LogP contribution in [0.15, 0.2) is 12.8 Å². The molecule has 0 amide bonds. The van der Waals surface area contributed by atoms with Gasteiger partial charge in [0.2, 0.25) is 0 Å². The third-order valence-corrected chi connectivity index (χ3v) is 4.72. The first-order valence-electron chi connectivity index (χ1n) is 6.81. The fourth-order valence-corrected chi connectivity index (χ4v) is 2.85. The quantitative estimate of drug-likeness (QED) is 0.374. The van der Waals surface area contributed by atoms with Crippen LogP contribution in [0.5, 0.6) is 0 Å². The van der Waals surface area contributed by atoms with Crippen LogP contribution >= 0.6 is 0 Å². The third kappa shape index (κ3) is 6.89. The van der Waals surface area contributed by atoms with Gasteiger partial charge in [0, 0.05) is 6.61 Å². The fourth-order valence-electron chi connectivity index (χ4n) is 2.30. The van der Waals surface area contributed by atoms with Gasteiger partial charge in [-0.05, 0) is 37.5 Å². The smallest absolute Gasteiger partial charge is 0.310 e. The predicted molar refractivity (Wildman–Crippen MR) is 74.7 cm³/mol. The highest BCUT2D eigenvalue weighted by molar-refractivity contribution is 6.55. The van der Waals surface area contributed by atoms with Gasteiger partial charge in [0.05, 0.1) is 38.6 Å². The summed E-state index contributed by atoms with van der Waals surface area (Å²) in [7, 11) is -0.107. The molecule has 0 saturated heterocycles. The lowest BCUT2D eigenvalue weighted by Crippen LogP contribution is -2.21. The van der Waals surface area contributed by atoms with E-state index < -0.39 is 0 Å². The van der Waals surface area contributed by atoms with Gasteiger partial charge < -0.3 is 9.47 Å². The minimum Gasteiger partial charge on any atom is -0.502 e. The second-order valence-electron chi connectivity index (χ2n) is 5.42. The Labute approximate surface area is 108 Å². The van der Waals surface area contributed by atoms with Gasteiger partial charge in [-0.1, -0.05) is 6.58 Å². The molecule has 1 aliphatic rings. The maximum absolute atomic E-state index is 5.78. The van der Waals surface area contributed by atoms with Crippen molar-refractivity contribution in [3.8, 4) is 0 Å². The number of hydrogen-bond donors (Lipinski definition) is 0. The summed E-state index contributed by atoms with van der Waals surface area (Å²) < 4.78 is 11.0. The normalized spacial score (nSPS) is 24.4. The standard InChI is InChI=1S/C14H27O2Si/c1-4-15-11-13-5-7-14(8-6-13)12-16-9-10-17(2)3/h4,13-14H,1,5-12H2,2-3H3/q+1. The molecular weight excluding hydrogens is 228 g/mol. The molecule has 0 heterocycles. The summed E-state index contributed by atoms with van der Waals surface area (Å²) in [5.41, 5.74) is 0. The van der Waals surface area contributed by atoms with Crippen LogP contribution in [0, 0.1) is 11.8 Å². The molecular formula is C14H27O2Si+. The summed E-state index contributed by atoms with van der Waals surface area (Å²) in [5.74, 6) is 1.53. The molecule has 0 spiro atoms. The van der Waals surface area contributed by atoms with Gasteiger partial charge in [-0.25, -0.2) is 0 Å². The van der Waals surface area contributed by atoms with E-state index in [9.17, 15) is 0 Å². The molecule has 0 radical (unpaired) electrons. The minimum absolute atomic E-state index is 0.107. The fraction of sp³-hybridized carbons (Fsp3) is 0.857. The topological polar surface area (TPSA) is 18.5 Å². The molecule has 0 aliphatic heterocycles. The Morgan fingerprint density at radius 2 is 1.71 bits per heavy atom. The SMILES string of the molecule is C=COCC1CCC(COCC[Si+](C)C)CC1. The molecule has 1 rings (SSSR count). The van der Waals surface area contributed by atoms with Crippen molar-refractivity contribution in [3.05, 3.63) is 12.8 Å². The van der Waals surface area contributed by atoms with Gasteiger partial charge in [0.1, 0.15) is 0 Å². The van der Waals surface area contributed by atoms with Crippen LogP contribution in [0.25, 0.3) is 0 Å². The monoisotopic (exact) mass is 255 g/mol. The molecule has 0 aromatic carbocycles. The Bertz CT molecular complexity index is 198. The largest absolute Gasteiger partial charge is 0.502 e. The van der Waals surface area contributed by atoms with Gasteiger partial charge >= 0.3 is 8.80 Å². The second-order valence-corrected chi connectivity index (χ2v) is 8.33. The lowest BCUT2D eigenvalue weighted by Gasteiger charge is -2.27. The summed E-state index contributed by atoms with van der Waals surface area (Å²) >= 11 is 0. The van der Waals surface area contributed by atoms with Crippen molar-refractivity contribution in [2.45, 2.75) is 44.8 Å². The molecule has 0 aromatic rings. The Morgan fingerprint density at radius 1 is 1.12 bits per heavy atom. The van der Waals surface area contributed by atoms with Gasteiger partial charge in [-0.3, -0.25) is 0 Å². The maximum atomic E-state index is 5.78. The number of hydrogen-bond acceptors (Lipinski definition) is 2. The van der Waals surface area contributed by atoms with Crippen molar-refractivity contribution < 1.29 is 9.47 Å². The Balaban J connectivity index is 2.00. The van der Waals surface area contributed by atoms with E-state index >= 15 is 0 Å². The first kappa shape index (κ1) is 14.8. The van der Waals surface area contributed by atoms with Crippen molar-refractivity contribution in [3.63, 3.8) is 0 Å². The van der Waals surface area contributed by atoms with Crippen molar-refractivity contribution in [2.75, 3.05) is 19.8 Å². The molecule has 1 fully saturated rings. The van der Waals surface area contributed by atoms with Crippen molar-refractivity contribution in [1.82, 2.24) is 0 Å². The lowest BCUT2D eigenvalue weighted by atomic mass is 9.83. The Hall–Kier alpha value is -0.283. The highest BCUT2D eigenvalue weighted by Gasteiger charge is 2.21. The molecule has 98 valence electrons. The van der Waals surface area contributed by atoms with E-state index in [1.54, 1.807) is 6.26 Å². The van der Waals surface area contributed by atoms with Gasteiger partial charge in [-0.15, -0.1) is 0 Å². The van der Waals surface area contributed by atoms with Gasteiger partial charge in [-0.2, -0.15) is 0 Å². The molecule has 0 unspecified atom stereocenters. The van der Waals surface area contributed by atoms with E-state index in [0.29, 0.717) is 0 Å². The minimum atomic E-state index is -0.107. The van der Waals surface area contributed by atoms with Crippen LogP contribution in [0.4, 0.5) is 0 Å². The second kappa shape index (κ2) is 8.76. The maximum Gasteiger partial charge on any atom is 0.310 e. The van der Waals surface area contributed by atoms with Crippen LogP contribution < -0.4 is 0 Å². The number of rotatable bonds is 8. The molecule has 0 bridgehead atoms. The summed E-state index contributed by atoms with van der Waals surface area (Å²) in [4.78, 5) is 0. The third-order valence-electron chi connectivity index (χ3n) is 3.52. The molecule has 17 heavy (non-hydrogen) atoms. The van der Waals surface area contributed by atoms with E-state index in [1.165, 1.54) is 31.7 Å². The van der Waals surface area contributed by atoms with Gasteiger partial charge in [0.15, 0.2) is 0 Å². The molecule has 2 nitrogen and oxygen atoms in total. The molecule has 0 atom stereocenters. The first-order chi connectivity index (χ1) is 8.22. The molecule has 1 saturated carbocycles. The molecule has 3 heteroatoms. The van der Waals surface area contributed by atoms with Crippen molar-refractivity contribution in [1.29, 1.82) is 0 Å². The first-order valence-corrected chi connectivity index (χ1v) is 9.52. The van der Waals surface area contributed by atoms with E-state index in [0.717, 1.165) is 31.7 Å². The Kier molecular flexibility index (Phi) is 7.61. The number of ether oxygens (including phenoxy) is 2. The average Bonchev–Trinajstić information content (AvgIpc) is 2.33. The van der Waals surface area contributed by atoms with E-state index in [-0.39, 0.29) is 8.80 Å². The zero-order chi connectivity index (χ0) is 12.5. The summed E-state index contributed by atoms with van der Waals surface area (Å²) in [6, 6.07) is 1.28. The van der Waals surface area contributed by atoms with Crippen LogP contribution in [0.2, 0.25) is 19.1 Å². The van der Waals surface area contributed by atoms with Crippen molar-refractivity contribution in [2.24, 2.45) is 11.8 Å². The zero-order valence-corrected chi connectivity index (χ0v) is 12.4. The molecule has 1 aliphatic carbocycles. The Morgan fingerprint density at radius 3 is 2.24 bits per heavy atom. The molecule has 0 aromatic heterocycles. The lowest BCUT2D eigenvalue weighted by molar-refractivity contribution is 0.0744. The highest BCUT2D eigenvalue weighted by Crippen LogP contribution is 2.29. The molecule has 0 N–H and O–H groups in total. The van der Waals surface area contributed by atoms with Crippen LogP contribution in [-0.2, 0) is 9.47 Å². The van der Waals surface area contributed by atoms with Crippen LogP contribution in [-0.4, -0.2) is 28.6 Å². The van der Waals surface area contributed by atoms with E-state index in [1.807, 2.05) is 0 Å². The van der Waals surface area contributed by atoms with Crippen LogP contribution in [0.1, 0.15) is 25.7 Å². The zero-order valence-electron chi connectivity index (χ0n) is 11.4. The van der Waals surface area contributed by atoms with E-state index in [2.05, 4.69) is 19.7 Å². The van der Waals surface area contributed by atoms with Crippen LogP contribution in [0.3, 0.4) is 0 Å². The van der Waals surface area contributed by atoms with E-state index in [4.69, 9.17) is 9.47 Å². The summed E-state index contributed by atoms with van der Waals surface area (Å²) in [6.07, 6.45) is 6.75.